The number of benzene rings is 3. The van der Waals surface area contributed by atoms with Gasteiger partial charge in [-0.25, -0.2) is 0 Å². The molecule has 12 nitrogen and oxygen atoms in total. The smallest absolute Gasteiger partial charge is 0.253 e. The van der Waals surface area contributed by atoms with Gasteiger partial charge < -0.3 is 35.4 Å². The predicted octanol–water partition coefficient (Wildman–Crippen LogP) is 4.63. The molecule has 1 aliphatic heterocycles. The minimum absolute atomic E-state index is 0.00635. The molecule has 12 heteroatoms. The molecular weight excluding hydrogens is 735 g/mol. The molecule has 3 amide bonds. The third kappa shape index (κ3) is 8.96. The van der Waals surface area contributed by atoms with E-state index in [1.54, 1.807) is 51.4 Å². The minimum atomic E-state index is -0.936. The van der Waals surface area contributed by atoms with E-state index >= 15 is 0 Å². The van der Waals surface area contributed by atoms with Crippen molar-refractivity contribution in [1.82, 2.24) is 25.5 Å². The zero-order chi connectivity index (χ0) is 42.1. The number of carbonyl (C=O) groups excluding carboxylic acids is 3. The molecule has 1 unspecified atom stereocenters. The fourth-order valence-electron chi connectivity index (χ4n) is 9.90. The van der Waals surface area contributed by atoms with E-state index in [4.69, 9.17) is 9.57 Å². The number of aliphatic hydroxyl groups excluding tert-OH is 2. The molecule has 2 bridgehead atoms. The lowest BCUT2D eigenvalue weighted by Gasteiger charge is -2.62. The molecule has 4 fully saturated rings. The summed E-state index contributed by atoms with van der Waals surface area (Å²) in [5, 5.41) is 29.5. The van der Waals surface area contributed by atoms with Gasteiger partial charge in [-0.1, -0.05) is 69.3 Å². The first-order valence-electron chi connectivity index (χ1n) is 20.6. The number of nitrogens with one attached hydrogen (secondary N) is 2. The number of para-hydroxylation sites is 1. The van der Waals surface area contributed by atoms with Crippen molar-refractivity contribution < 1.29 is 34.2 Å². The highest BCUT2D eigenvalue weighted by molar-refractivity contribution is 6.01. The maximum absolute atomic E-state index is 14.3. The molecule has 3 aromatic rings. The van der Waals surface area contributed by atoms with Crippen molar-refractivity contribution in [3.8, 4) is 16.9 Å². The molecule has 3 aliphatic carbocycles. The van der Waals surface area contributed by atoms with E-state index in [1.807, 2.05) is 67.5 Å². The van der Waals surface area contributed by atoms with Crippen molar-refractivity contribution in [2.75, 3.05) is 48.5 Å². The number of methoxy groups -OCH3 is 1. The summed E-state index contributed by atoms with van der Waals surface area (Å²) in [6, 6.07) is 19.7. The van der Waals surface area contributed by atoms with Crippen molar-refractivity contribution in [1.29, 1.82) is 0 Å². The van der Waals surface area contributed by atoms with E-state index in [2.05, 4.69) is 31.4 Å². The van der Waals surface area contributed by atoms with E-state index in [0.717, 1.165) is 12.0 Å². The minimum Gasteiger partial charge on any atom is -0.496 e. The number of rotatable bonds is 15. The van der Waals surface area contributed by atoms with Gasteiger partial charge in [0.2, 0.25) is 5.91 Å². The van der Waals surface area contributed by atoms with E-state index in [1.165, 1.54) is 11.3 Å². The van der Waals surface area contributed by atoms with Gasteiger partial charge in [0.05, 0.1) is 26.4 Å². The zero-order valence-electron chi connectivity index (χ0n) is 35.6. The average Bonchev–Trinajstić information content (AvgIpc) is 3.56. The third-order valence-electron chi connectivity index (χ3n) is 13.1. The van der Waals surface area contributed by atoms with Crippen LogP contribution in [-0.2, 0) is 22.6 Å². The van der Waals surface area contributed by atoms with Crippen LogP contribution in [0.4, 0.5) is 0 Å². The molecule has 1 saturated heterocycles. The number of likely N-dealkylation sites (N-methyl/N-ethyl adjacent to an activating group) is 1. The molecule has 1 heterocycles. The molecule has 0 spiro atoms. The van der Waals surface area contributed by atoms with Crippen molar-refractivity contribution >= 4 is 17.7 Å². The van der Waals surface area contributed by atoms with Crippen LogP contribution in [0.1, 0.15) is 72.4 Å². The highest BCUT2D eigenvalue weighted by atomic mass is 16.7. The number of hydroxylamine groups is 2. The topological polar surface area (TPSA) is 144 Å². The molecule has 7 rings (SSSR count). The molecule has 314 valence electrons. The summed E-state index contributed by atoms with van der Waals surface area (Å²) < 4.78 is 6.08. The Bertz CT molecular complexity index is 1930. The maximum atomic E-state index is 14.3. The first kappa shape index (κ1) is 43.3. The van der Waals surface area contributed by atoms with Crippen molar-refractivity contribution in [3.05, 3.63) is 89.0 Å². The van der Waals surface area contributed by atoms with Crippen LogP contribution in [0.25, 0.3) is 11.1 Å². The number of hydrogen-bond donors (Lipinski definition) is 4. The third-order valence-corrected chi connectivity index (χ3v) is 13.1. The monoisotopic (exact) mass is 797 g/mol. The van der Waals surface area contributed by atoms with Gasteiger partial charge in [-0.3, -0.25) is 19.2 Å². The lowest BCUT2D eigenvalue weighted by Crippen LogP contribution is -2.62. The first-order valence-corrected chi connectivity index (χ1v) is 20.6. The predicted molar refractivity (Wildman–Crippen MR) is 224 cm³/mol. The van der Waals surface area contributed by atoms with Crippen molar-refractivity contribution in [2.45, 2.75) is 83.8 Å². The summed E-state index contributed by atoms with van der Waals surface area (Å²) in [7, 11) is 8.83. The Morgan fingerprint density at radius 3 is 2.31 bits per heavy atom. The lowest BCUT2D eigenvalue weighted by atomic mass is 9.45. The summed E-state index contributed by atoms with van der Waals surface area (Å²) in [5.41, 5.74) is 3.95. The molecule has 4 N–H and O–H groups in total. The standard InChI is InChI=1S/C46H63N5O7/c1-27-37-22-34(46(37,3)4)23-38(27)48-44(55)41-40(28(2)53)39(26-52)58-51(41)24-30-16-13-17-36(42(30)57-9)31-19-32(21-33(20-31)45(56)50(7)8)43(54)47-35(25-49(5)6)18-29-14-11-10-12-15-29/h10-17,19-21,27-28,34-35,37-41,52-53H,18,22-26H2,1-9H3,(H,47,54)(H,48,55)/t27-,28-,34+,35?,37-,38-,39-,40-,41-/m0/s1. The van der Waals surface area contributed by atoms with Gasteiger partial charge in [0, 0.05) is 60.9 Å². The zero-order valence-corrected chi connectivity index (χ0v) is 35.6. The normalized spacial score (nSPS) is 26.0. The van der Waals surface area contributed by atoms with E-state index in [-0.39, 0.29) is 48.4 Å². The Morgan fingerprint density at radius 1 is 1.00 bits per heavy atom. The van der Waals surface area contributed by atoms with Gasteiger partial charge in [-0.15, -0.1) is 0 Å². The van der Waals surface area contributed by atoms with Gasteiger partial charge in [0.15, 0.2) is 0 Å². The molecule has 3 aromatic carbocycles. The van der Waals surface area contributed by atoms with Gasteiger partial charge in [-0.05, 0) is 92.8 Å². The second-order valence-corrected chi connectivity index (χ2v) is 17.9. The molecule has 0 radical (unpaired) electrons. The molecule has 58 heavy (non-hydrogen) atoms. The number of carbonyl (C=O) groups is 3. The highest BCUT2D eigenvalue weighted by Crippen LogP contribution is 2.61. The van der Waals surface area contributed by atoms with Crippen molar-refractivity contribution in [2.24, 2.45) is 29.1 Å². The van der Waals surface area contributed by atoms with Gasteiger partial charge in [0.1, 0.15) is 17.9 Å². The number of hydrogen-bond acceptors (Lipinski definition) is 9. The largest absolute Gasteiger partial charge is 0.496 e. The number of fused-ring (bicyclic) bond motifs is 2. The Balaban J connectivity index is 1.31. The van der Waals surface area contributed by atoms with Crippen molar-refractivity contribution in [3.63, 3.8) is 0 Å². The van der Waals surface area contributed by atoms with Crippen LogP contribution in [0.2, 0.25) is 0 Å². The van der Waals surface area contributed by atoms with E-state index in [9.17, 15) is 24.6 Å². The fraction of sp³-hybridized carbons (Fsp3) is 0.543. The highest BCUT2D eigenvalue weighted by Gasteiger charge is 2.57. The molecular formula is C46H63N5O7. The second kappa shape index (κ2) is 17.9. The second-order valence-electron chi connectivity index (χ2n) is 17.9. The van der Waals surface area contributed by atoms with Crippen LogP contribution in [0, 0.1) is 29.1 Å². The van der Waals surface area contributed by atoms with Gasteiger partial charge in [0.25, 0.3) is 11.8 Å². The number of ether oxygens (including phenoxy) is 1. The Hall–Kier alpha value is -4.33. The first-order chi connectivity index (χ1) is 27.5. The summed E-state index contributed by atoms with van der Waals surface area (Å²) in [5.74, 6) is 0.377. The Labute approximate surface area is 343 Å². The van der Waals surface area contributed by atoms with Crippen LogP contribution in [0.15, 0.2) is 66.7 Å². The summed E-state index contributed by atoms with van der Waals surface area (Å²) in [4.78, 5) is 51.7. The lowest BCUT2D eigenvalue weighted by molar-refractivity contribution is -0.183. The van der Waals surface area contributed by atoms with E-state index < -0.39 is 24.2 Å². The Kier molecular flexibility index (Phi) is 13.3. The molecule has 4 aliphatic rings. The SMILES string of the molecule is COc1c(CN2O[C@@H](CO)[C@H]([C@H](C)O)[C@H]2C(=O)N[C@H]2C[C@H]3C[C@@H]([C@@H]2C)C3(C)C)cccc1-c1cc(C(=O)NC(Cc2ccccc2)CN(C)C)cc(C(=O)N(C)C)c1. The molecule has 9 atom stereocenters. The summed E-state index contributed by atoms with van der Waals surface area (Å²) >= 11 is 0. The maximum Gasteiger partial charge on any atom is 0.253 e. The fourth-order valence-corrected chi connectivity index (χ4v) is 9.90. The van der Waals surface area contributed by atoms with Crippen LogP contribution >= 0.6 is 0 Å². The Morgan fingerprint density at radius 2 is 1.71 bits per heavy atom. The van der Waals surface area contributed by atoms with Gasteiger partial charge >= 0.3 is 0 Å². The average molecular weight is 798 g/mol. The van der Waals surface area contributed by atoms with Crippen LogP contribution < -0.4 is 15.4 Å². The van der Waals surface area contributed by atoms with Crippen LogP contribution in [0.5, 0.6) is 5.75 Å². The van der Waals surface area contributed by atoms with E-state index in [0.29, 0.717) is 64.3 Å². The number of nitrogens with zero attached hydrogens (tertiary/aromatic N) is 3. The van der Waals surface area contributed by atoms with Crippen LogP contribution in [0.3, 0.4) is 0 Å². The van der Waals surface area contributed by atoms with Crippen LogP contribution in [-0.4, -0.2) is 122 Å². The number of amides is 3. The summed E-state index contributed by atoms with van der Waals surface area (Å²) in [6.45, 7) is 8.84. The quantitative estimate of drug-likeness (QED) is 0.173. The van der Waals surface area contributed by atoms with Gasteiger partial charge in [-0.2, -0.15) is 5.06 Å². The number of aliphatic hydroxyl groups is 2. The molecule has 0 aromatic heterocycles. The summed E-state index contributed by atoms with van der Waals surface area (Å²) in [6.07, 6.45) is 0.985. The molecule has 3 saturated carbocycles.